The first-order valence-corrected chi connectivity index (χ1v) is 8.63. The Morgan fingerprint density at radius 2 is 2.00 bits per heavy atom. The van der Waals surface area contributed by atoms with Gasteiger partial charge in [-0.25, -0.2) is 14.4 Å². The summed E-state index contributed by atoms with van der Waals surface area (Å²) in [6.07, 6.45) is 4.50. The van der Waals surface area contributed by atoms with Gasteiger partial charge in [0, 0.05) is 25.3 Å². The van der Waals surface area contributed by atoms with Gasteiger partial charge in [0.05, 0.1) is 11.4 Å². The third-order valence-electron chi connectivity index (χ3n) is 4.54. The summed E-state index contributed by atoms with van der Waals surface area (Å²) >= 11 is 6.01. The summed E-state index contributed by atoms with van der Waals surface area (Å²) in [5.74, 6) is 0.255. The Hall–Kier alpha value is -2.29. The number of hydrogen-bond acceptors (Lipinski definition) is 6. The van der Waals surface area contributed by atoms with Crippen molar-refractivity contribution in [3.05, 3.63) is 23.5 Å². The normalized spacial score (nSPS) is 16.3. The summed E-state index contributed by atoms with van der Waals surface area (Å²) in [6, 6.07) is 0.326. The van der Waals surface area contributed by atoms with Crippen LogP contribution in [0.2, 0.25) is 5.15 Å². The first-order valence-electron chi connectivity index (χ1n) is 8.25. The summed E-state index contributed by atoms with van der Waals surface area (Å²) < 4.78 is 16.1. The quantitative estimate of drug-likeness (QED) is 0.665. The highest BCUT2D eigenvalue weighted by Gasteiger charge is 2.26. The van der Waals surface area contributed by atoms with Crippen molar-refractivity contribution >= 4 is 28.6 Å². The molecule has 0 N–H and O–H groups in total. The summed E-state index contributed by atoms with van der Waals surface area (Å²) in [7, 11) is 0. The van der Waals surface area contributed by atoms with E-state index in [0.29, 0.717) is 11.6 Å². The number of nitrogens with zero attached hydrogens (tertiary/aromatic N) is 8. The predicted molar refractivity (Wildman–Crippen MR) is 91.2 cm³/mol. The molecule has 0 aromatic carbocycles. The van der Waals surface area contributed by atoms with Crippen LogP contribution in [-0.4, -0.2) is 47.8 Å². The molecule has 0 saturated carbocycles. The molecule has 1 fully saturated rings. The summed E-state index contributed by atoms with van der Waals surface area (Å²) in [5, 5.41) is 13.0. The number of tetrazole rings is 1. The molecule has 0 aliphatic carbocycles. The van der Waals surface area contributed by atoms with Crippen LogP contribution < -0.4 is 4.90 Å². The Morgan fingerprint density at radius 1 is 1.24 bits per heavy atom. The fraction of sp³-hybridized carbons (Fsp3) is 0.533. The van der Waals surface area contributed by atoms with Gasteiger partial charge in [0.1, 0.15) is 17.1 Å². The van der Waals surface area contributed by atoms with Crippen molar-refractivity contribution in [2.24, 2.45) is 0 Å². The number of rotatable bonds is 3. The van der Waals surface area contributed by atoms with E-state index in [2.05, 4.69) is 30.3 Å². The van der Waals surface area contributed by atoms with Crippen molar-refractivity contribution in [3.63, 3.8) is 0 Å². The van der Waals surface area contributed by atoms with Crippen LogP contribution in [0.25, 0.3) is 11.0 Å². The Morgan fingerprint density at radius 3 is 2.68 bits per heavy atom. The van der Waals surface area contributed by atoms with Gasteiger partial charge in [0.2, 0.25) is 0 Å². The molecule has 0 spiro atoms. The zero-order valence-electron chi connectivity index (χ0n) is 14.0. The maximum absolute atomic E-state index is 14.2. The molecule has 10 heteroatoms. The van der Waals surface area contributed by atoms with Crippen molar-refractivity contribution in [2.75, 3.05) is 18.0 Å². The molecule has 25 heavy (non-hydrogen) atoms. The Labute approximate surface area is 148 Å². The Balaban J connectivity index is 1.53. The van der Waals surface area contributed by atoms with Gasteiger partial charge >= 0.3 is 0 Å². The highest BCUT2D eigenvalue weighted by molar-refractivity contribution is 6.34. The van der Waals surface area contributed by atoms with Gasteiger partial charge in [0.25, 0.3) is 5.95 Å². The van der Waals surface area contributed by atoms with Gasteiger partial charge in [-0.2, -0.15) is 4.80 Å². The predicted octanol–water partition coefficient (Wildman–Crippen LogP) is 2.63. The summed E-state index contributed by atoms with van der Waals surface area (Å²) in [5.41, 5.74) is 0.542. The highest BCUT2D eigenvalue weighted by atomic mass is 35.5. The zero-order chi connectivity index (χ0) is 17.6. The van der Waals surface area contributed by atoms with Gasteiger partial charge < -0.3 is 9.47 Å². The third-order valence-corrected chi connectivity index (χ3v) is 4.82. The summed E-state index contributed by atoms with van der Waals surface area (Å²) in [6.45, 7) is 5.57. The van der Waals surface area contributed by atoms with E-state index < -0.39 is 0 Å². The molecule has 4 heterocycles. The lowest BCUT2D eigenvalue weighted by atomic mass is 10.1. The van der Waals surface area contributed by atoms with Crippen molar-refractivity contribution in [1.82, 2.24) is 34.7 Å². The highest BCUT2D eigenvalue weighted by Crippen LogP contribution is 2.31. The molecule has 8 nitrogen and oxygen atoms in total. The van der Waals surface area contributed by atoms with E-state index >= 15 is 0 Å². The van der Waals surface area contributed by atoms with Crippen molar-refractivity contribution in [3.8, 4) is 0 Å². The maximum atomic E-state index is 14.2. The van der Waals surface area contributed by atoms with E-state index in [1.165, 1.54) is 12.5 Å². The Kier molecular flexibility index (Phi) is 4.03. The molecular weight excluding hydrogens is 347 g/mol. The molecule has 1 aliphatic heterocycles. The first-order chi connectivity index (χ1) is 12.0. The monoisotopic (exact) mass is 364 g/mol. The SMILES string of the molecule is CC(C)n1nnc(N2CCC(n3cc(F)c4c(Cl)ncnc43)CC2)n1. The topological polar surface area (TPSA) is 77.5 Å². The molecule has 0 radical (unpaired) electrons. The average Bonchev–Trinajstić information content (AvgIpc) is 3.21. The maximum Gasteiger partial charge on any atom is 0.266 e. The van der Waals surface area contributed by atoms with Crippen LogP contribution in [0.15, 0.2) is 12.5 Å². The van der Waals surface area contributed by atoms with E-state index in [9.17, 15) is 4.39 Å². The van der Waals surface area contributed by atoms with Gasteiger partial charge in [-0.05, 0) is 31.9 Å². The molecule has 0 unspecified atom stereocenters. The lowest BCUT2D eigenvalue weighted by Crippen LogP contribution is -2.35. The molecule has 0 bridgehead atoms. The molecule has 1 aliphatic rings. The van der Waals surface area contributed by atoms with Crippen LogP contribution in [0.5, 0.6) is 0 Å². The lowest BCUT2D eigenvalue weighted by Gasteiger charge is -2.31. The van der Waals surface area contributed by atoms with Gasteiger partial charge in [-0.3, -0.25) is 0 Å². The third kappa shape index (κ3) is 2.82. The van der Waals surface area contributed by atoms with Crippen LogP contribution in [0.3, 0.4) is 0 Å². The number of halogens is 2. The van der Waals surface area contributed by atoms with Gasteiger partial charge in [0.15, 0.2) is 5.82 Å². The van der Waals surface area contributed by atoms with E-state index in [1.54, 1.807) is 4.80 Å². The minimum absolute atomic E-state index is 0.146. The number of piperidine rings is 1. The lowest BCUT2D eigenvalue weighted by molar-refractivity contribution is 0.397. The molecule has 0 atom stereocenters. The first kappa shape index (κ1) is 16.2. The van der Waals surface area contributed by atoms with Crippen LogP contribution in [-0.2, 0) is 0 Å². The fourth-order valence-corrected chi connectivity index (χ4v) is 3.41. The molecule has 3 aromatic rings. The smallest absolute Gasteiger partial charge is 0.266 e. The number of fused-ring (bicyclic) bond motifs is 1. The second-order valence-corrected chi connectivity index (χ2v) is 6.83. The van der Waals surface area contributed by atoms with Crippen LogP contribution in [0, 0.1) is 5.82 Å². The standard InChI is InChI=1S/C15H18ClFN8/c1-9(2)25-21-15(20-22-25)23-5-3-10(4-6-23)24-7-11(17)12-13(16)18-8-19-14(12)24/h7-10H,3-6H2,1-2H3. The van der Waals surface area contributed by atoms with Crippen LogP contribution in [0.4, 0.5) is 10.3 Å². The second kappa shape index (κ2) is 6.21. The minimum atomic E-state index is -0.385. The van der Waals surface area contributed by atoms with Gasteiger partial charge in [-0.1, -0.05) is 16.7 Å². The molecule has 0 amide bonds. The fourth-order valence-electron chi connectivity index (χ4n) is 3.19. The minimum Gasteiger partial charge on any atom is -0.338 e. The number of hydrogen-bond donors (Lipinski definition) is 0. The van der Waals surface area contributed by atoms with Crippen LogP contribution >= 0.6 is 11.6 Å². The van der Waals surface area contributed by atoms with Crippen molar-refractivity contribution in [2.45, 2.75) is 38.8 Å². The molecule has 3 aromatic heterocycles. The molecule has 132 valence electrons. The van der Waals surface area contributed by atoms with E-state index in [0.717, 1.165) is 25.9 Å². The number of anilines is 1. The molecular formula is C15H18ClFN8. The zero-order valence-corrected chi connectivity index (χ0v) is 14.7. The van der Waals surface area contributed by atoms with E-state index in [-0.39, 0.29) is 28.4 Å². The summed E-state index contributed by atoms with van der Waals surface area (Å²) in [4.78, 5) is 11.8. The molecule has 1 saturated heterocycles. The number of aromatic nitrogens is 7. The average molecular weight is 365 g/mol. The van der Waals surface area contributed by atoms with Crippen molar-refractivity contribution in [1.29, 1.82) is 0 Å². The largest absolute Gasteiger partial charge is 0.338 e. The second-order valence-electron chi connectivity index (χ2n) is 6.47. The van der Waals surface area contributed by atoms with Crippen molar-refractivity contribution < 1.29 is 4.39 Å². The van der Waals surface area contributed by atoms with E-state index in [1.807, 2.05) is 18.4 Å². The molecule has 4 rings (SSSR count). The Bertz CT molecular complexity index is 896. The van der Waals surface area contributed by atoms with Gasteiger partial charge in [-0.15, -0.1) is 5.10 Å². The van der Waals surface area contributed by atoms with E-state index in [4.69, 9.17) is 11.6 Å². The van der Waals surface area contributed by atoms with Crippen LogP contribution in [0.1, 0.15) is 38.8 Å².